The van der Waals surface area contributed by atoms with Gasteiger partial charge in [0.2, 0.25) is 10.0 Å². The van der Waals surface area contributed by atoms with E-state index in [2.05, 4.69) is 13.8 Å². The Labute approximate surface area is 74.4 Å². The van der Waals surface area contributed by atoms with Crippen molar-refractivity contribution in [2.75, 3.05) is 5.75 Å². The van der Waals surface area contributed by atoms with Gasteiger partial charge in [-0.05, 0) is 24.2 Å². The maximum absolute atomic E-state index is 10.9. The highest BCUT2D eigenvalue weighted by atomic mass is 32.2. The van der Waals surface area contributed by atoms with Gasteiger partial charge in [0.05, 0.1) is 5.75 Å². The van der Waals surface area contributed by atoms with Crippen LogP contribution >= 0.6 is 0 Å². The van der Waals surface area contributed by atoms with E-state index in [1.54, 1.807) is 0 Å². The minimum atomic E-state index is -3.28. The SMILES string of the molecule is CC1(C)CCCC1CS(N)(=O)=O. The van der Waals surface area contributed by atoms with Crippen molar-refractivity contribution >= 4 is 10.0 Å². The summed E-state index contributed by atoms with van der Waals surface area (Å²) in [4.78, 5) is 0. The van der Waals surface area contributed by atoms with Crippen LogP contribution in [0.2, 0.25) is 0 Å². The highest BCUT2D eigenvalue weighted by Gasteiger charge is 2.36. The molecule has 0 amide bonds. The summed E-state index contributed by atoms with van der Waals surface area (Å²) in [6.07, 6.45) is 3.25. The van der Waals surface area contributed by atoms with E-state index >= 15 is 0 Å². The number of hydrogen-bond acceptors (Lipinski definition) is 2. The highest BCUT2D eigenvalue weighted by molar-refractivity contribution is 7.89. The Morgan fingerprint density at radius 1 is 1.50 bits per heavy atom. The van der Waals surface area contributed by atoms with Crippen LogP contribution in [0.25, 0.3) is 0 Å². The van der Waals surface area contributed by atoms with E-state index in [-0.39, 0.29) is 17.1 Å². The fourth-order valence-corrected chi connectivity index (χ4v) is 3.17. The Morgan fingerprint density at radius 3 is 2.42 bits per heavy atom. The van der Waals surface area contributed by atoms with Crippen molar-refractivity contribution in [3.05, 3.63) is 0 Å². The zero-order valence-corrected chi connectivity index (χ0v) is 8.52. The molecule has 1 aliphatic carbocycles. The molecular weight excluding hydrogens is 174 g/mol. The van der Waals surface area contributed by atoms with Gasteiger partial charge in [-0.15, -0.1) is 0 Å². The molecule has 1 aliphatic rings. The van der Waals surface area contributed by atoms with Gasteiger partial charge >= 0.3 is 0 Å². The second-order valence-electron chi connectivity index (χ2n) is 4.41. The molecule has 1 unspecified atom stereocenters. The van der Waals surface area contributed by atoms with Crippen LogP contribution in [0.15, 0.2) is 0 Å². The number of nitrogens with two attached hydrogens (primary N) is 1. The lowest BCUT2D eigenvalue weighted by Gasteiger charge is -2.25. The molecule has 0 heterocycles. The molecule has 0 aromatic rings. The van der Waals surface area contributed by atoms with E-state index in [4.69, 9.17) is 5.14 Å². The van der Waals surface area contributed by atoms with Gasteiger partial charge in [0, 0.05) is 0 Å². The molecular formula is C8H17NO2S. The molecule has 4 heteroatoms. The van der Waals surface area contributed by atoms with Gasteiger partial charge in [-0.25, -0.2) is 13.6 Å². The van der Waals surface area contributed by atoms with Crippen LogP contribution in [-0.2, 0) is 10.0 Å². The lowest BCUT2D eigenvalue weighted by atomic mass is 9.83. The van der Waals surface area contributed by atoms with Crippen molar-refractivity contribution in [2.24, 2.45) is 16.5 Å². The lowest BCUT2D eigenvalue weighted by molar-refractivity contribution is 0.282. The minimum Gasteiger partial charge on any atom is -0.229 e. The summed E-state index contributed by atoms with van der Waals surface area (Å²) < 4.78 is 21.7. The first-order valence-corrected chi connectivity index (χ1v) is 6.03. The first kappa shape index (κ1) is 9.99. The van der Waals surface area contributed by atoms with Crippen molar-refractivity contribution < 1.29 is 8.42 Å². The normalized spacial score (nSPS) is 29.1. The molecule has 1 atom stereocenters. The summed E-state index contributed by atoms with van der Waals surface area (Å²) in [5, 5.41) is 5.01. The van der Waals surface area contributed by atoms with Crippen molar-refractivity contribution in [2.45, 2.75) is 33.1 Å². The predicted octanol–water partition coefficient (Wildman–Crippen LogP) is 1.10. The minimum absolute atomic E-state index is 0.153. The third-order valence-corrected chi connectivity index (χ3v) is 3.78. The summed E-state index contributed by atoms with van der Waals surface area (Å²) in [7, 11) is -3.28. The van der Waals surface area contributed by atoms with Crippen LogP contribution in [-0.4, -0.2) is 14.2 Å². The monoisotopic (exact) mass is 191 g/mol. The maximum atomic E-state index is 10.9. The molecule has 0 aliphatic heterocycles. The van der Waals surface area contributed by atoms with Crippen LogP contribution in [0.1, 0.15) is 33.1 Å². The molecule has 72 valence electrons. The van der Waals surface area contributed by atoms with Crippen LogP contribution < -0.4 is 5.14 Å². The van der Waals surface area contributed by atoms with Crippen LogP contribution in [0.4, 0.5) is 0 Å². The fourth-order valence-electron chi connectivity index (χ4n) is 1.99. The Bertz CT molecular complexity index is 256. The maximum Gasteiger partial charge on any atom is 0.209 e. The fraction of sp³-hybridized carbons (Fsp3) is 1.00. The summed E-state index contributed by atoms with van der Waals surface area (Å²) >= 11 is 0. The largest absolute Gasteiger partial charge is 0.229 e. The van der Waals surface area contributed by atoms with Crippen molar-refractivity contribution in [1.82, 2.24) is 0 Å². The average Bonchev–Trinajstić information content (AvgIpc) is 2.07. The third kappa shape index (κ3) is 2.45. The van der Waals surface area contributed by atoms with Gasteiger partial charge in [-0.2, -0.15) is 0 Å². The van der Waals surface area contributed by atoms with E-state index in [1.807, 2.05) is 0 Å². The van der Waals surface area contributed by atoms with Crippen molar-refractivity contribution in [1.29, 1.82) is 0 Å². The van der Waals surface area contributed by atoms with Gasteiger partial charge in [-0.3, -0.25) is 0 Å². The summed E-state index contributed by atoms with van der Waals surface area (Å²) in [5.41, 5.74) is 0.159. The van der Waals surface area contributed by atoms with E-state index in [9.17, 15) is 8.42 Å². The van der Waals surface area contributed by atoms with Crippen molar-refractivity contribution in [3.63, 3.8) is 0 Å². The zero-order valence-electron chi connectivity index (χ0n) is 7.71. The molecule has 2 N–H and O–H groups in total. The van der Waals surface area contributed by atoms with Gasteiger partial charge in [0.25, 0.3) is 0 Å². The van der Waals surface area contributed by atoms with E-state index in [1.165, 1.54) is 0 Å². The second-order valence-corrected chi connectivity index (χ2v) is 6.07. The molecule has 0 radical (unpaired) electrons. The first-order valence-electron chi connectivity index (χ1n) is 4.32. The molecule has 0 aromatic heterocycles. The topological polar surface area (TPSA) is 60.2 Å². The summed E-state index contributed by atoms with van der Waals surface area (Å²) in [5.74, 6) is 0.410. The summed E-state index contributed by atoms with van der Waals surface area (Å²) in [6.45, 7) is 4.24. The smallest absolute Gasteiger partial charge is 0.209 e. The number of sulfonamides is 1. The van der Waals surface area contributed by atoms with Crippen LogP contribution in [0.5, 0.6) is 0 Å². The standard InChI is InChI=1S/C8H17NO2S/c1-8(2)5-3-4-7(8)6-12(9,10)11/h7H,3-6H2,1-2H3,(H2,9,10,11). The van der Waals surface area contributed by atoms with Gasteiger partial charge in [-0.1, -0.05) is 20.3 Å². The molecule has 1 saturated carbocycles. The summed E-state index contributed by atoms with van der Waals surface area (Å²) in [6, 6.07) is 0. The van der Waals surface area contributed by atoms with E-state index in [0.717, 1.165) is 19.3 Å². The molecule has 0 bridgehead atoms. The highest BCUT2D eigenvalue weighted by Crippen LogP contribution is 2.42. The lowest BCUT2D eigenvalue weighted by Crippen LogP contribution is -2.29. The molecule has 12 heavy (non-hydrogen) atoms. The molecule has 0 aromatic carbocycles. The van der Waals surface area contributed by atoms with E-state index in [0.29, 0.717) is 0 Å². The quantitative estimate of drug-likeness (QED) is 0.710. The molecule has 1 rings (SSSR count). The van der Waals surface area contributed by atoms with Gasteiger partial charge < -0.3 is 0 Å². The number of hydrogen-bond donors (Lipinski definition) is 1. The number of primary sulfonamides is 1. The van der Waals surface area contributed by atoms with Crippen LogP contribution in [0, 0.1) is 11.3 Å². The average molecular weight is 191 g/mol. The van der Waals surface area contributed by atoms with Gasteiger partial charge in [0.1, 0.15) is 0 Å². The predicted molar refractivity (Wildman–Crippen MR) is 49.1 cm³/mol. The molecule has 0 spiro atoms. The zero-order chi connectivity index (χ0) is 9.41. The van der Waals surface area contributed by atoms with Gasteiger partial charge in [0.15, 0.2) is 0 Å². The van der Waals surface area contributed by atoms with Crippen LogP contribution in [0.3, 0.4) is 0 Å². The van der Waals surface area contributed by atoms with E-state index < -0.39 is 10.0 Å². The molecule has 3 nitrogen and oxygen atoms in total. The Balaban J connectivity index is 2.65. The second kappa shape index (κ2) is 3.00. The molecule has 1 fully saturated rings. The Kier molecular flexibility index (Phi) is 2.50. The molecule has 0 saturated heterocycles. The number of rotatable bonds is 2. The Morgan fingerprint density at radius 2 is 2.08 bits per heavy atom. The van der Waals surface area contributed by atoms with Crippen molar-refractivity contribution in [3.8, 4) is 0 Å². The Hall–Kier alpha value is -0.0900. The third-order valence-electron chi connectivity index (χ3n) is 2.91. The first-order chi connectivity index (χ1) is 5.31.